The van der Waals surface area contributed by atoms with Crippen LogP contribution >= 0.6 is 0 Å². The van der Waals surface area contributed by atoms with Gasteiger partial charge in [-0.2, -0.15) is 0 Å². The lowest BCUT2D eigenvalue weighted by molar-refractivity contribution is -0.0448. The van der Waals surface area contributed by atoms with E-state index < -0.39 is 0 Å². The summed E-state index contributed by atoms with van der Waals surface area (Å²) in [7, 11) is 0. The van der Waals surface area contributed by atoms with E-state index >= 15 is 0 Å². The van der Waals surface area contributed by atoms with E-state index in [4.69, 9.17) is 9.47 Å². The molecule has 3 nitrogen and oxygen atoms in total. The molecule has 1 unspecified atom stereocenters. The molecule has 0 bridgehead atoms. The standard InChI is InChI=1S/C21H26O3/c1-3-23-20-8-5-16(6-9-20)12-18-13-17(7-4-15(18)2)21-14-19(22)10-11-24-21/h4-9,13,19,21-22H,3,10-12,14H2,1-2H3/t19?,21-/m1/s1. The van der Waals surface area contributed by atoms with Gasteiger partial charge in [-0.1, -0.05) is 30.3 Å². The van der Waals surface area contributed by atoms with Crippen LogP contribution < -0.4 is 4.74 Å². The van der Waals surface area contributed by atoms with E-state index in [1.54, 1.807) is 0 Å². The van der Waals surface area contributed by atoms with E-state index in [-0.39, 0.29) is 12.2 Å². The third kappa shape index (κ3) is 4.16. The summed E-state index contributed by atoms with van der Waals surface area (Å²) < 4.78 is 11.3. The number of benzene rings is 2. The normalized spacial score (nSPS) is 20.8. The number of hydrogen-bond donors (Lipinski definition) is 1. The van der Waals surface area contributed by atoms with Gasteiger partial charge in [-0.05, 0) is 61.1 Å². The van der Waals surface area contributed by atoms with Crippen molar-refractivity contribution in [3.8, 4) is 5.75 Å². The van der Waals surface area contributed by atoms with Crippen LogP contribution in [0.25, 0.3) is 0 Å². The highest BCUT2D eigenvalue weighted by Gasteiger charge is 2.22. The Labute approximate surface area is 144 Å². The molecule has 0 amide bonds. The first-order valence-corrected chi connectivity index (χ1v) is 8.76. The van der Waals surface area contributed by atoms with Gasteiger partial charge in [-0.25, -0.2) is 0 Å². The molecule has 0 spiro atoms. The van der Waals surface area contributed by atoms with Crippen molar-refractivity contribution in [3.63, 3.8) is 0 Å². The Morgan fingerprint density at radius 2 is 1.96 bits per heavy atom. The van der Waals surface area contributed by atoms with Gasteiger partial charge in [-0.15, -0.1) is 0 Å². The highest BCUT2D eigenvalue weighted by molar-refractivity contribution is 5.38. The molecule has 0 saturated carbocycles. The quantitative estimate of drug-likeness (QED) is 0.895. The summed E-state index contributed by atoms with van der Waals surface area (Å²) in [6, 6.07) is 14.8. The van der Waals surface area contributed by atoms with Crippen LogP contribution in [-0.2, 0) is 11.2 Å². The zero-order chi connectivity index (χ0) is 16.9. The summed E-state index contributed by atoms with van der Waals surface area (Å²) in [6.45, 7) is 5.46. The maximum Gasteiger partial charge on any atom is 0.119 e. The van der Waals surface area contributed by atoms with Crippen molar-refractivity contribution in [1.29, 1.82) is 0 Å². The minimum absolute atomic E-state index is 0.00781. The number of aliphatic hydroxyl groups excluding tert-OH is 1. The number of ether oxygens (including phenoxy) is 2. The fourth-order valence-electron chi connectivity index (χ4n) is 3.18. The number of rotatable bonds is 5. The number of hydrogen-bond acceptors (Lipinski definition) is 3. The Bertz CT molecular complexity index is 663. The van der Waals surface area contributed by atoms with Gasteiger partial charge in [0.2, 0.25) is 0 Å². The molecule has 2 aromatic rings. The summed E-state index contributed by atoms with van der Waals surface area (Å²) >= 11 is 0. The molecular formula is C21H26O3. The predicted octanol–water partition coefficient (Wildman–Crippen LogP) is 4.20. The Balaban J connectivity index is 1.76. The lowest BCUT2D eigenvalue weighted by Crippen LogP contribution is -2.23. The van der Waals surface area contributed by atoms with E-state index in [1.807, 2.05) is 19.1 Å². The molecule has 2 aromatic carbocycles. The molecule has 128 valence electrons. The monoisotopic (exact) mass is 326 g/mol. The molecule has 3 heteroatoms. The van der Waals surface area contributed by atoms with Gasteiger partial charge in [0.05, 0.1) is 18.8 Å². The minimum atomic E-state index is -0.250. The largest absolute Gasteiger partial charge is 0.494 e. The van der Waals surface area contributed by atoms with Crippen LogP contribution in [0.1, 0.15) is 48.1 Å². The van der Waals surface area contributed by atoms with Gasteiger partial charge in [0, 0.05) is 13.0 Å². The third-order valence-electron chi connectivity index (χ3n) is 4.63. The topological polar surface area (TPSA) is 38.7 Å². The Morgan fingerprint density at radius 1 is 1.17 bits per heavy atom. The van der Waals surface area contributed by atoms with Crippen molar-refractivity contribution in [2.75, 3.05) is 13.2 Å². The second-order valence-corrected chi connectivity index (χ2v) is 6.48. The highest BCUT2D eigenvalue weighted by atomic mass is 16.5. The lowest BCUT2D eigenvalue weighted by Gasteiger charge is -2.27. The van der Waals surface area contributed by atoms with E-state index in [2.05, 4.69) is 37.3 Å². The Morgan fingerprint density at radius 3 is 2.67 bits per heavy atom. The molecule has 1 heterocycles. The number of aryl methyl sites for hydroxylation is 1. The van der Waals surface area contributed by atoms with E-state index in [0.717, 1.165) is 18.6 Å². The van der Waals surface area contributed by atoms with Crippen molar-refractivity contribution in [3.05, 3.63) is 64.7 Å². The first-order valence-electron chi connectivity index (χ1n) is 8.76. The molecular weight excluding hydrogens is 300 g/mol. The SMILES string of the molecule is CCOc1ccc(Cc2cc([C@H]3CC(O)CCO3)ccc2C)cc1. The van der Waals surface area contributed by atoms with Gasteiger partial charge < -0.3 is 14.6 Å². The van der Waals surface area contributed by atoms with Crippen molar-refractivity contribution >= 4 is 0 Å². The Hall–Kier alpha value is -1.84. The van der Waals surface area contributed by atoms with Gasteiger partial charge in [0.1, 0.15) is 5.75 Å². The van der Waals surface area contributed by atoms with Crippen LogP contribution in [0.15, 0.2) is 42.5 Å². The number of aliphatic hydroxyl groups is 1. The fourth-order valence-corrected chi connectivity index (χ4v) is 3.18. The summed E-state index contributed by atoms with van der Waals surface area (Å²) in [6.07, 6.45) is 2.07. The third-order valence-corrected chi connectivity index (χ3v) is 4.63. The molecule has 3 rings (SSSR count). The molecule has 1 aliphatic rings. The maximum absolute atomic E-state index is 9.88. The maximum atomic E-state index is 9.88. The van der Waals surface area contributed by atoms with Crippen LogP contribution in [0.5, 0.6) is 5.75 Å². The average molecular weight is 326 g/mol. The first-order chi connectivity index (χ1) is 11.7. The van der Waals surface area contributed by atoms with Crippen LogP contribution in [-0.4, -0.2) is 24.4 Å². The molecule has 1 fully saturated rings. The molecule has 2 atom stereocenters. The van der Waals surface area contributed by atoms with E-state index in [1.165, 1.54) is 22.3 Å². The van der Waals surface area contributed by atoms with Crippen molar-refractivity contribution in [2.24, 2.45) is 0 Å². The summed E-state index contributed by atoms with van der Waals surface area (Å²) in [5.74, 6) is 0.913. The van der Waals surface area contributed by atoms with Crippen LogP contribution in [0.3, 0.4) is 0 Å². The van der Waals surface area contributed by atoms with Crippen LogP contribution in [0, 0.1) is 6.92 Å². The van der Waals surface area contributed by atoms with E-state index in [0.29, 0.717) is 19.6 Å². The molecule has 24 heavy (non-hydrogen) atoms. The fraction of sp³-hybridized carbons (Fsp3) is 0.429. The highest BCUT2D eigenvalue weighted by Crippen LogP contribution is 2.30. The zero-order valence-electron chi connectivity index (χ0n) is 14.5. The molecule has 0 radical (unpaired) electrons. The zero-order valence-corrected chi connectivity index (χ0v) is 14.5. The van der Waals surface area contributed by atoms with E-state index in [9.17, 15) is 5.11 Å². The lowest BCUT2D eigenvalue weighted by atomic mass is 9.93. The van der Waals surface area contributed by atoms with Crippen LogP contribution in [0.4, 0.5) is 0 Å². The smallest absolute Gasteiger partial charge is 0.119 e. The first kappa shape index (κ1) is 17.0. The van der Waals surface area contributed by atoms with Crippen molar-refractivity contribution < 1.29 is 14.6 Å². The Kier molecular flexibility index (Phi) is 5.54. The minimum Gasteiger partial charge on any atom is -0.494 e. The second kappa shape index (κ2) is 7.82. The van der Waals surface area contributed by atoms with Gasteiger partial charge in [0.25, 0.3) is 0 Å². The van der Waals surface area contributed by atoms with Crippen molar-refractivity contribution in [2.45, 2.75) is 45.3 Å². The molecule has 1 N–H and O–H groups in total. The predicted molar refractivity (Wildman–Crippen MR) is 95.5 cm³/mol. The van der Waals surface area contributed by atoms with Gasteiger partial charge in [-0.3, -0.25) is 0 Å². The van der Waals surface area contributed by atoms with Gasteiger partial charge >= 0.3 is 0 Å². The summed E-state index contributed by atoms with van der Waals surface area (Å²) in [5.41, 5.74) is 5.02. The summed E-state index contributed by atoms with van der Waals surface area (Å²) in [4.78, 5) is 0. The summed E-state index contributed by atoms with van der Waals surface area (Å²) in [5, 5.41) is 9.88. The average Bonchev–Trinajstić information content (AvgIpc) is 2.59. The van der Waals surface area contributed by atoms with Crippen molar-refractivity contribution in [1.82, 2.24) is 0 Å². The molecule has 0 aliphatic carbocycles. The molecule has 0 aromatic heterocycles. The molecule has 1 saturated heterocycles. The van der Waals surface area contributed by atoms with Gasteiger partial charge in [0.15, 0.2) is 0 Å². The second-order valence-electron chi connectivity index (χ2n) is 6.48. The van der Waals surface area contributed by atoms with Crippen LogP contribution in [0.2, 0.25) is 0 Å². The molecule has 1 aliphatic heterocycles.